The van der Waals surface area contributed by atoms with E-state index in [0.717, 1.165) is 10.8 Å². The molecule has 4 aromatic carbocycles. The van der Waals surface area contributed by atoms with E-state index in [-0.39, 0.29) is 16.3 Å². The average Bonchev–Trinajstić information content (AvgIpc) is 2.80. The molecule has 0 aromatic heterocycles. The lowest BCUT2D eigenvalue weighted by molar-refractivity contribution is 0.487. The van der Waals surface area contributed by atoms with Gasteiger partial charge in [-0.05, 0) is 42.3 Å². The predicted octanol–water partition coefficient (Wildman–Crippen LogP) is 4.11. The Labute approximate surface area is 188 Å². The molecule has 2 N–H and O–H groups in total. The van der Waals surface area contributed by atoms with Crippen molar-refractivity contribution < 1.29 is 16.8 Å². The van der Waals surface area contributed by atoms with Gasteiger partial charge in [0.05, 0.1) is 9.79 Å². The van der Waals surface area contributed by atoms with Gasteiger partial charge in [-0.1, -0.05) is 76.5 Å². The minimum absolute atomic E-state index is 0.0350. The number of benzene rings is 4. The third-order valence-corrected chi connectivity index (χ3v) is 9.82. The van der Waals surface area contributed by atoms with Crippen molar-refractivity contribution in [3.05, 3.63) is 84.9 Å². The standard InChI is InChI=1S/C24H24N2O4S2/c25-17-5-6-18-26(31(27,28)23-15-7-11-19-9-1-3-13-21(19)23)32(29,30)24-16-8-12-20-10-2-4-14-22(20)24/h1-4,7-16H,5-6,17-18,25H2. The molecule has 0 amide bonds. The molecule has 0 unspecified atom stereocenters. The lowest BCUT2D eigenvalue weighted by Crippen LogP contribution is -2.38. The van der Waals surface area contributed by atoms with Gasteiger partial charge in [-0.2, -0.15) is 0 Å². The van der Waals surface area contributed by atoms with E-state index in [2.05, 4.69) is 0 Å². The quantitative estimate of drug-likeness (QED) is 0.393. The Morgan fingerprint density at radius 3 is 1.50 bits per heavy atom. The fourth-order valence-corrected chi connectivity index (χ4v) is 7.94. The normalized spacial score (nSPS) is 12.6. The zero-order valence-electron chi connectivity index (χ0n) is 17.4. The molecule has 0 saturated carbocycles. The van der Waals surface area contributed by atoms with E-state index in [9.17, 15) is 16.8 Å². The van der Waals surface area contributed by atoms with Gasteiger partial charge in [0.2, 0.25) is 0 Å². The first-order chi connectivity index (χ1) is 15.4. The zero-order valence-corrected chi connectivity index (χ0v) is 19.0. The van der Waals surface area contributed by atoms with Crippen LogP contribution in [0.5, 0.6) is 0 Å². The molecule has 0 saturated heterocycles. The van der Waals surface area contributed by atoms with Gasteiger partial charge in [0.25, 0.3) is 20.0 Å². The summed E-state index contributed by atoms with van der Waals surface area (Å²) in [5, 5.41) is 2.40. The predicted molar refractivity (Wildman–Crippen MR) is 127 cm³/mol. The molecule has 0 aliphatic carbocycles. The number of hydrogen-bond donors (Lipinski definition) is 1. The Hall–Kier alpha value is -2.78. The fourth-order valence-electron chi connectivity index (χ4n) is 3.82. The van der Waals surface area contributed by atoms with Crippen LogP contribution < -0.4 is 5.73 Å². The third kappa shape index (κ3) is 4.02. The molecular formula is C24H24N2O4S2. The fraction of sp³-hybridized carbons (Fsp3) is 0.167. The lowest BCUT2D eigenvalue weighted by atomic mass is 10.1. The highest BCUT2D eigenvalue weighted by Crippen LogP contribution is 2.32. The third-order valence-electron chi connectivity index (χ3n) is 5.39. The largest absolute Gasteiger partial charge is 0.330 e. The molecule has 8 heteroatoms. The van der Waals surface area contributed by atoms with Crippen LogP contribution in [-0.2, 0) is 20.0 Å². The van der Waals surface area contributed by atoms with E-state index >= 15 is 0 Å². The van der Waals surface area contributed by atoms with Crippen LogP contribution in [0.3, 0.4) is 0 Å². The number of nitrogens with zero attached hydrogens (tertiary/aromatic N) is 1. The van der Waals surface area contributed by atoms with Gasteiger partial charge in [0.1, 0.15) is 0 Å². The molecule has 0 spiro atoms. The molecular weight excluding hydrogens is 444 g/mol. The van der Waals surface area contributed by atoms with E-state index in [1.807, 2.05) is 12.1 Å². The van der Waals surface area contributed by atoms with Crippen molar-refractivity contribution in [3.8, 4) is 0 Å². The van der Waals surface area contributed by atoms with Gasteiger partial charge in [-0.25, -0.2) is 16.8 Å². The highest BCUT2D eigenvalue weighted by Gasteiger charge is 2.37. The molecule has 0 aliphatic heterocycles. The number of sulfonamides is 2. The number of hydrogen-bond acceptors (Lipinski definition) is 5. The summed E-state index contributed by atoms with van der Waals surface area (Å²) in [6, 6.07) is 23.8. The van der Waals surface area contributed by atoms with Gasteiger partial charge in [0.15, 0.2) is 0 Å². The van der Waals surface area contributed by atoms with Gasteiger partial charge < -0.3 is 5.73 Å². The molecule has 0 atom stereocenters. The van der Waals surface area contributed by atoms with Gasteiger partial charge >= 0.3 is 0 Å². The van der Waals surface area contributed by atoms with Crippen molar-refractivity contribution in [2.45, 2.75) is 22.6 Å². The molecule has 0 aliphatic rings. The summed E-state index contributed by atoms with van der Waals surface area (Å²) >= 11 is 0. The van der Waals surface area contributed by atoms with Crippen LogP contribution in [0.15, 0.2) is 94.7 Å². The zero-order chi connectivity index (χ0) is 22.8. The monoisotopic (exact) mass is 468 g/mol. The van der Waals surface area contributed by atoms with Crippen LogP contribution in [0, 0.1) is 0 Å². The van der Waals surface area contributed by atoms with E-state index < -0.39 is 20.0 Å². The maximum Gasteiger partial charge on any atom is 0.256 e. The van der Waals surface area contributed by atoms with E-state index in [0.29, 0.717) is 33.9 Å². The molecule has 4 aromatic rings. The van der Waals surface area contributed by atoms with Crippen LogP contribution in [0.4, 0.5) is 0 Å². The first kappa shape index (κ1) is 22.4. The van der Waals surface area contributed by atoms with Crippen molar-refractivity contribution in [1.29, 1.82) is 0 Å². The second kappa shape index (κ2) is 8.99. The second-order valence-corrected chi connectivity index (χ2v) is 11.3. The molecule has 0 bridgehead atoms. The van der Waals surface area contributed by atoms with Crippen molar-refractivity contribution in [2.75, 3.05) is 13.1 Å². The highest BCUT2D eigenvalue weighted by molar-refractivity contribution is 8.04. The summed E-state index contributed by atoms with van der Waals surface area (Å²) in [7, 11) is -8.76. The SMILES string of the molecule is NCCCCN(S(=O)(=O)c1cccc2ccccc12)S(=O)(=O)c1cccc2ccccc12. The van der Waals surface area contributed by atoms with Crippen molar-refractivity contribution in [1.82, 2.24) is 3.71 Å². The topological polar surface area (TPSA) is 97.5 Å². The molecule has 0 radical (unpaired) electrons. The van der Waals surface area contributed by atoms with Gasteiger partial charge in [-0.15, -0.1) is 0 Å². The summed E-state index contributed by atoms with van der Waals surface area (Å²) in [5.41, 5.74) is 5.59. The summed E-state index contributed by atoms with van der Waals surface area (Å²) in [5.74, 6) is 0. The number of fused-ring (bicyclic) bond motifs is 2. The van der Waals surface area contributed by atoms with Crippen LogP contribution in [-0.4, -0.2) is 33.6 Å². The maximum atomic E-state index is 13.8. The Balaban J connectivity index is 1.92. The highest BCUT2D eigenvalue weighted by atomic mass is 32.3. The van der Waals surface area contributed by atoms with Crippen LogP contribution >= 0.6 is 0 Å². The first-order valence-electron chi connectivity index (χ1n) is 10.3. The van der Waals surface area contributed by atoms with Crippen molar-refractivity contribution in [3.63, 3.8) is 0 Å². The minimum Gasteiger partial charge on any atom is -0.330 e. The Bertz CT molecular complexity index is 1360. The summed E-state index contributed by atoms with van der Waals surface area (Å²) in [6.07, 6.45) is 0.830. The number of rotatable bonds is 8. The Morgan fingerprint density at radius 1 is 0.594 bits per heavy atom. The van der Waals surface area contributed by atoms with Gasteiger partial charge in [0, 0.05) is 17.3 Å². The molecule has 32 heavy (non-hydrogen) atoms. The number of nitrogens with two attached hydrogens (primary N) is 1. The molecule has 0 heterocycles. The average molecular weight is 469 g/mol. The summed E-state index contributed by atoms with van der Waals surface area (Å²) < 4.78 is 55.9. The smallest absolute Gasteiger partial charge is 0.256 e. The summed E-state index contributed by atoms with van der Waals surface area (Å²) in [4.78, 5) is -0.0701. The molecule has 6 nitrogen and oxygen atoms in total. The van der Waals surface area contributed by atoms with Crippen molar-refractivity contribution in [2.24, 2.45) is 5.73 Å². The van der Waals surface area contributed by atoms with Crippen LogP contribution in [0.2, 0.25) is 0 Å². The molecule has 0 fully saturated rings. The van der Waals surface area contributed by atoms with E-state index in [4.69, 9.17) is 5.73 Å². The Kier molecular flexibility index (Phi) is 6.30. The maximum absolute atomic E-state index is 13.8. The summed E-state index contributed by atoms with van der Waals surface area (Å²) in [6.45, 7) is 0.158. The second-order valence-electron chi connectivity index (χ2n) is 7.46. The minimum atomic E-state index is -4.38. The lowest BCUT2D eigenvalue weighted by Gasteiger charge is -2.23. The molecule has 166 valence electrons. The molecule has 4 rings (SSSR count). The van der Waals surface area contributed by atoms with Crippen LogP contribution in [0.25, 0.3) is 21.5 Å². The number of unbranched alkanes of at least 4 members (excludes halogenated alkanes) is 1. The van der Waals surface area contributed by atoms with E-state index in [1.54, 1.807) is 60.7 Å². The van der Waals surface area contributed by atoms with Crippen molar-refractivity contribution >= 4 is 41.6 Å². The van der Waals surface area contributed by atoms with Gasteiger partial charge in [-0.3, -0.25) is 0 Å². The Morgan fingerprint density at radius 2 is 1.03 bits per heavy atom. The first-order valence-corrected chi connectivity index (χ1v) is 13.2. The van der Waals surface area contributed by atoms with Crippen LogP contribution in [0.1, 0.15) is 12.8 Å². The van der Waals surface area contributed by atoms with E-state index in [1.165, 1.54) is 12.1 Å².